The Morgan fingerprint density at radius 3 is 2.59 bits per heavy atom. The standard InChI is InChI=1S/C25H28N4O3/c1-3-27-25(30)28-18-9-7-17(8-10-18)24-22(16-26)21-12-11-20(32-14-13-31-2)15-23(21)29(24)19-5-4-6-19/h7-12,15,19H,3-6,13-14H2,1-2H3,(H2,27,28,30). The van der Waals surface area contributed by atoms with Gasteiger partial charge in [-0.15, -0.1) is 0 Å². The molecule has 0 bridgehead atoms. The number of hydrogen-bond acceptors (Lipinski definition) is 4. The summed E-state index contributed by atoms with van der Waals surface area (Å²) in [5, 5.41) is 16.5. The van der Waals surface area contributed by atoms with Gasteiger partial charge in [-0.3, -0.25) is 0 Å². The summed E-state index contributed by atoms with van der Waals surface area (Å²) in [4.78, 5) is 11.8. The van der Waals surface area contributed by atoms with Gasteiger partial charge >= 0.3 is 6.03 Å². The molecular formula is C25H28N4O3. The number of urea groups is 1. The molecule has 0 unspecified atom stereocenters. The number of benzene rings is 2. The van der Waals surface area contributed by atoms with E-state index in [4.69, 9.17) is 9.47 Å². The minimum absolute atomic E-state index is 0.234. The maximum atomic E-state index is 11.8. The van der Waals surface area contributed by atoms with Crippen molar-refractivity contribution < 1.29 is 14.3 Å². The van der Waals surface area contributed by atoms with Crippen molar-refractivity contribution in [1.29, 1.82) is 5.26 Å². The first-order valence-corrected chi connectivity index (χ1v) is 11.0. The molecule has 1 aromatic heterocycles. The van der Waals surface area contributed by atoms with Gasteiger partial charge in [0.05, 0.1) is 23.4 Å². The second-order valence-electron chi connectivity index (χ2n) is 7.87. The number of nitriles is 1. The van der Waals surface area contributed by atoms with Crippen LogP contribution in [0.5, 0.6) is 5.75 Å². The molecule has 2 N–H and O–H groups in total. The Hall–Kier alpha value is -3.50. The van der Waals surface area contributed by atoms with Crippen molar-refractivity contribution >= 4 is 22.6 Å². The summed E-state index contributed by atoms with van der Waals surface area (Å²) >= 11 is 0. The number of nitrogens with zero attached hydrogens (tertiary/aromatic N) is 2. The summed E-state index contributed by atoms with van der Waals surface area (Å²) in [5.41, 5.74) is 4.26. The number of anilines is 1. The van der Waals surface area contributed by atoms with Gasteiger partial charge in [0.2, 0.25) is 0 Å². The lowest BCUT2D eigenvalue weighted by Gasteiger charge is -2.30. The number of hydrogen-bond donors (Lipinski definition) is 2. The third-order valence-corrected chi connectivity index (χ3v) is 5.84. The van der Waals surface area contributed by atoms with Crippen LogP contribution < -0.4 is 15.4 Å². The molecular weight excluding hydrogens is 404 g/mol. The molecule has 2 aromatic carbocycles. The van der Waals surface area contributed by atoms with Crippen LogP contribution in [0.2, 0.25) is 0 Å². The molecule has 1 heterocycles. The molecule has 0 saturated heterocycles. The fourth-order valence-electron chi connectivity index (χ4n) is 4.09. The normalized spacial score (nSPS) is 13.4. The number of amides is 2. The van der Waals surface area contributed by atoms with Crippen LogP contribution in [0.1, 0.15) is 37.8 Å². The highest BCUT2D eigenvalue weighted by Crippen LogP contribution is 2.43. The van der Waals surface area contributed by atoms with Crippen LogP contribution in [0, 0.1) is 11.3 Å². The Morgan fingerprint density at radius 2 is 1.97 bits per heavy atom. The molecule has 166 valence electrons. The topological polar surface area (TPSA) is 88.3 Å². The van der Waals surface area contributed by atoms with Gasteiger partial charge in [-0.1, -0.05) is 12.1 Å². The predicted octanol–water partition coefficient (Wildman–Crippen LogP) is 5.07. The fourth-order valence-corrected chi connectivity index (χ4v) is 4.09. The van der Waals surface area contributed by atoms with Gasteiger partial charge in [0, 0.05) is 36.8 Å². The van der Waals surface area contributed by atoms with Gasteiger partial charge in [-0.05, 0) is 56.0 Å². The van der Waals surface area contributed by atoms with Crippen molar-refractivity contribution in [3.63, 3.8) is 0 Å². The molecule has 0 radical (unpaired) electrons. The molecule has 0 spiro atoms. The van der Waals surface area contributed by atoms with E-state index >= 15 is 0 Å². The first kappa shape index (κ1) is 21.7. The van der Waals surface area contributed by atoms with Crippen molar-refractivity contribution in [3.8, 4) is 23.1 Å². The first-order chi connectivity index (χ1) is 15.7. The number of nitrogens with one attached hydrogen (secondary N) is 2. The summed E-state index contributed by atoms with van der Waals surface area (Å²) in [6, 6.07) is 16.1. The van der Waals surface area contributed by atoms with E-state index in [0.717, 1.165) is 40.8 Å². The number of ether oxygens (including phenoxy) is 2. The van der Waals surface area contributed by atoms with E-state index < -0.39 is 0 Å². The molecule has 2 amide bonds. The van der Waals surface area contributed by atoms with Crippen molar-refractivity contribution in [3.05, 3.63) is 48.0 Å². The zero-order chi connectivity index (χ0) is 22.5. The van der Waals surface area contributed by atoms with E-state index in [1.54, 1.807) is 7.11 Å². The monoisotopic (exact) mass is 432 g/mol. The fraction of sp³-hybridized carbons (Fsp3) is 0.360. The third kappa shape index (κ3) is 4.27. The first-order valence-electron chi connectivity index (χ1n) is 11.0. The summed E-state index contributed by atoms with van der Waals surface area (Å²) in [6.45, 7) is 3.44. The van der Waals surface area contributed by atoms with E-state index in [9.17, 15) is 10.1 Å². The molecule has 0 atom stereocenters. The third-order valence-electron chi connectivity index (χ3n) is 5.84. The Morgan fingerprint density at radius 1 is 1.19 bits per heavy atom. The van der Waals surface area contributed by atoms with Crippen molar-refractivity contribution in [2.75, 3.05) is 32.2 Å². The highest BCUT2D eigenvalue weighted by atomic mass is 16.5. The summed E-state index contributed by atoms with van der Waals surface area (Å²) < 4.78 is 13.2. The number of methoxy groups -OCH3 is 1. The lowest BCUT2D eigenvalue weighted by molar-refractivity contribution is 0.146. The van der Waals surface area contributed by atoms with Gasteiger partial charge in [0.1, 0.15) is 18.4 Å². The quantitative estimate of drug-likeness (QED) is 0.486. The van der Waals surface area contributed by atoms with Crippen molar-refractivity contribution in [2.45, 2.75) is 32.2 Å². The molecule has 1 fully saturated rings. The highest BCUT2D eigenvalue weighted by molar-refractivity contribution is 5.96. The summed E-state index contributed by atoms with van der Waals surface area (Å²) in [6.07, 6.45) is 3.37. The van der Waals surface area contributed by atoms with Crippen LogP contribution in [0.25, 0.3) is 22.2 Å². The van der Waals surface area contributed by atoms with E-state index in [2.05, 4.69) is 21.3 Å². The number of rotatable bonds is 8. The Labute approximate surface area is 187 Å². The van der Waals surface area contributed by atoms with E-state index in [-0.39, 0.29) is 6.03 Å². The van der Waals surface area contributed by atoms with Crippen LogP contribution >= 0.6 is 0 Å². The van der Waals surface area contributed by atoms with Crippen molar-refractivity contribution in [1.82, 2.24) is 9.88 Å². The SMILES string of the molecule is CCNC(=O)Nc1ccc(-c2c(C#N)c3ccc(OCCOC)cc3n2C2CCC2)cc1. The average Bonchev–Trinajstić information content (AvgIpc) is 3.07. The largest absolute Gasteiger partial charge is 0.491 e. The van der Waals surface area contributed by atoms with Gasteiger partial charge in [0.25, 0.3) is 0 Å². The van der Waals surface area contributed by atoms with Gasteiger partial charge < -0.3 is 24.7 Å². The zero-order valence-electron chi connectivity index (χ0n) is 18.5. The highest BCUT2D eigenvalue weighted by Gasteiger charge is 2.28. The van der Waals surface area contributed by atoms with Crippen LogP contribution in [-0.4, -0.2) is 37.5 Å². The Bertz CT molecular complexity index is 1140. The Balaban J connectivity index is 1.76. The number of aromatic nitrogens is 1. The molecule has 1 saturated carbocycles. The number of carbonyl (C=O) groups is 1. The zero-order valence-corrected chi connectivity index (χ0v) is 18.5. The molecule has 7 nitrogen and oxygen atoms in total. The lowest BCUT2D eigenvalue weighted by atomic mass is 9.92. The van der Waals surface area contributed by atoms with Gasteiger partial charge in [-0.2, -0.15) is 5.26 Å². The molecule has 0 aliphatic heterocycles. The molecule has 4 rings (SSSR count). The second kappa shape index (κ2) is 9.75. The molecule has 32 heavy (non-hydrogen) atoms. The minimum Gasteiger partial charge on any atom is -0.491 e. The summed E-state index contributed by atoms with van der Waals surface area (Å²) in [5.74, 6) is 0.769. The van der Waals surface area contributed by atoms with Crippen molar-refractivity contribution in [2.24, 2.45) is 0 Å². The van der Waals surface area contributed by atoms with Gasteiger partial charge in [-0.25, -0.2) is 4.79 Å². The van der Waals surface area contributed by atoms with E-state index in [1.165, 1.54) is 6.42 Å². The molecule has 7 heteroatoms. The average molecular weight is 433 g/mol. The van der Waals surface area contributed by atoms with Crippen LogP contribution in [0.15, 0.2) is 42.5 Å². The molecule has 1 aliphatic rings. The van der Waals surface area contributed by atoms with Crippen LogP contribution in [0.4, 0.5) is 10.5 Å². The van der Waals surface area contributed by atoms with Crippen LogP contribution in [0.3, 0.4) is 0 Å². The van der Waals surface area contributed by atoms with E-state index in [0.29, 0.717) is 37.1 Å². The summed E-state index contributed by atoms with van der Waals surface area (Å²) in [7, 11) is 1.65. The lowest BCUT2D eigenvalue weighted by Crippen LogP contribution is -2.28. The van der Waals surface area contributed by atoms with Gasteiger partial charge in [0.15, 0.2) is 0 Å². The maximum absolute atomic E-state index is 11.8. The predicted molar refractivity (Wildman–Crippen MR) is 125 cm³/mol. The minimum atomic E-state index is -0.234. The molecule has 1 aliphatic carbocycles. The number of fused-ring (bicyclic) bond motifs is 1. The number of carbonyl (C=O) groups excluding carboxylic acids is 1. The smallest absolute Gasteiger partial charge is 0.319 e. The second-order valence-corrected chi connectivity index (χ2v) is 7.87. The van der Waals surface area contributed by atoms with Crippen LogP contribution in [-0.2, 0) is 4.74 Å². The van der Waals surface area contributed by atoms with E-state index in [1.807, 2.05) is 49.4 Å². The maximum Gasteiger partial charge on any atom is 0.319 e. The Kier molecular flexibility index (Phi) is 6.62. The molecule has 3 aromatic rings.